The molecule has 0 N–H and O–H groups in total. The number of hydrogen-bond acceptors (Lipinski definition) is 4. The fourth-order valence-electron chi connectivity index (χ4n) is 1.97. The molecule has 0 aromatic heterocycles. The van der Waals surface area contributed by atoms with E-state index < -0.39 is 18.1 Å². The van der Waals surface area contributed by atoms with E-state index in [0.717, 1.165) is 6.07 Å². The molecule has 0 spiro atoms. The normalized spacial score (nSPS) is 11.0. The molecule has 0 saturated heterocycles. The molecule has 0 radical (unpaired) electrons. The Kier molecular flexibility index (Phi) is 4.78. The lowest BCUT2D eigenvalue weighted by molar-refractivity contribution is -0.274. The highest BCUT2D eigenvalue weighted by molar-refractivity contribution is 5.96. The minimum Gasteiger partial charge on any atom is -0.496 e. The topological polar surface area (TPSA) is 44.8 Å². The fourth-order valence-corrected chi connectivity index (χ4v) is 1.97. The number of esters is 1. The number of halogens is 3. The third kappa shape index (κ3) is 4.15. The molecule has 0 atom stereocenters. The molecule has 0 bridgehead atoms. The van der Waals surface area contributed by atoms with Crippen molar-refractivity contribution in [3.8, 4) is 17.2 Å². The second-order valence-corrected chi connectivity index (χ2v) is 4.52. The molecule has 0 fully saturated rings. The van der Waals surface area contributed by atoms with E-state index in [2.05, 4.69) is 4.74 Å². The zero-order valence-corrected chi connectivity index (χ0v) is 12.3. The molecule has 23 heavy (non-hydrogen) atoms. The van der Waals surface area contributed by atoms with Crippen LogP contribution in [0.15, 0.2) is 42.5 Å². The summed E-state index contributed by atoms with van der Waals surface area (Å²) in [5.41, 5.74) is -0.152. The van der Waals surface area contributed by atoms with Gasteiger partial charge >= 0.3 is 12.3 Å². The highest BCUT2D eigenvalue weighted by atomic mass is 19.4. The first-order valence-corrected chi connectivity index (χ1v) is 6.52. The Morgan fingerprint density at radius 3 is 2.17 bits per heavy atom. The van der Waals surface area contributed by atoms with Gasteiger partial charge in [-0.15, -0.1) is 13.2 Å². The van der Waals surface area contributed by atoms with Crippen LogP contribution in [0, 0.1) is 6.92 Å². The van der Waals surface area contributed by atoms with Gasteiger partial charge in [0, 0.05) is 5.56 Å². The first kappa shape index (κ1) is 16.7. The van der Waals surface area contributed by atoms with Crippen LogP contribution in [0.1, 0.15) is 15.9 Å². The molecule has 0 heterocycles. The maximum Gasteiger partial charge on any atom is 0.573 e. The Labute approximate surface area is 130 Å². The predicted octanol–water partition coefficient (Wildman–Crippen LogP) is 4.12. The van der Waals surface area contributed by atoms with Gasteiger partial charge in [0.1, 0.15) is 22.8 Å². The molecule has 0 unspecified atom stereocenters. The predicted molar refractivity (Wildman–Crippen MR) is 75.8 cm³/mol. The summed E-state index contributed by atoms with van der Waals surface area (Å²) in [7, 11) is 1.30. The summed E-state index contributed by atoms with van der Waals surface area (Å²) in [6.45, 7) is 1.32. The van der Waals surface area contributed by atoms with Gasteiger partial charge in [-0.3, -0.25) is 0 Å². The number of methoxy groups -OCH3 is 1. The first-order valence-electron chi connectivity index (χ1n) is 6.52. The maximum atomic E-state index is 12.4. The van der Waals surface area contributed by atoms with E-state index >= 15 is 0 Å². The summed E-state index contributed by atoms with van der Waals surface area (Å²) < 4.78 is 51.3. The third-order valence-electron chi connectivity index (χ3n) is 2.98. The average Bonchev–Trinajstić information content (AvgIpc) is 2.48. The van der Waals surface area contributed by atoms with Gasteiger partial charge in [0.15, 0.2) is 0 Å². The van der Waals surface area contributed by atoms with E-state index in [1.807, 2.05) is 0 Å². The highest BCUT2D eigenvalue weighted by Crippen LogP contribution is 2.33. The van der Waals surface area contributed by atoms with Crippen LogP contribution in [-0.2, 0) is 0 Å². The number of carbonyl (C=O) groups excluding carboxylic acids is 1. The van der Waals surface area contributed by atoms with Crippen molar-refractivity contribution in [1.82, 2.24) is 0 Å². The molecule has 0 aliphatic heterocycles. The third-order valence-corrected chi connectivity index (χ3v) is 2.98. The minimum atomic E-state index is -4.86. The number of benzene rings is 2. The number of carbonyl (C=O) groups is 1. The average molecular weight is 326 g/mol. The largest absolute Gasteiger partial charge is 0.573 e. The Hall–Kier alpha value is -2.70. The SMILES string of the molecule is COc1ccc(OC(F)(F)F)c(C)c1C(=O)Oc1ccccc1. The minimum absolute atomic E-state index is 0.0254. The van der Waals surface area contributed by atoms with Crippen LogP contribution in [0.5, 0.6) is 17.2 Å². The number of alkyl halides is 3. The fraction of sp³-hybridized carbons (Fsp3) is 0.188. The summed E-state index contributed by atoms with van der Waals surface area (Å²) >= 11 is 0. The number of para-hydroxylation sites is 1. The van der Waals surface area contributed by atoms with Gasteiger partial charge in [-0.2, -0.15) is 0 Å². The highest BCUT2D eigenvalue weighted by Gasteiger charge is 2.33. The van der Waals surface area contributed by atoms with Gasteiger partial charge in [0.05, 0.1) is 7.11 Å². The van der Waals surface area contributed by atoms with Gasteiger partial charge < -0.3 is 14.2 Å². The molecule has 0 aliphatic rings. The van der Waals surface area contributed by atoms with Crippen LogP contribution >= 0.6 is 0 Å². The van der Waals surface area contributed by atoms with Crippen LogP contribution in [0.4, 0.5) is 13.2 Å². The summed E-state index contributed by atoms with van der Waals surface area (Å²) in [6.07, 6.45) is -4.86. The monoisotopic (exact) mass is 326 g/mol. The Bertz CT molecular complexity index is 696. The lowest BCUT2D eigenvalue weighted by Crippen LogP contribution is -2.19. The molecule has 0 aliphatic carbocycles. The van der Waals surface area contributed by atoms with E-state index in [9.17, 15) is 18.0 Å². The number of rotatable bonds is 4. The van der Waals surface area contributed by atoms with Crippen molar-refractivity contribution in [3.05, 3.63) is 53.6 Å². The quantitative estimate of drug-likeness (QED) is 0.626. The molecule has 0 amide bonds. The van der Waals surface area contributed by atoms with E-state index in [1.165, 1.54) is 20.1 Å². The summed E-state index contributed by atoms with van der Waals surface area (Å²) in [5, 5.41) is 0. The second-order valence-electron chi connectivity index (χ2n) is 4.52. The zero-order valence-electron chi connectivity index (χ0n) is 12.3. The lowest BCUT2D eigenvalue weighted by Gasteiger charge is -2.16. The Morgan fingerprint density at radius 2 is 1.61 bits per heavy atom. The molecule has 2 rings (SSSR count). The first-order chi connectivity index (χ1) is 10.8. The molecule has 122 valence electrons. The smallest absolute Gasteiger partial charge is 0.496 e. The van der Waals surface area contributed by atoms with Crippen LogP contribution in [0.25, 0.3) is 0 Å². The summed E-state index contributed by atoms with van der Waals surface area (Å²) in [6, 6.07) is 10.5. The van der Waals surface area contributed by atoms with Gasteiger partial charge in [-0.25, -0.2) is 4.79 Å². The Balaban J connectivity index is 2.39. The van der Waals surface area contributed by atoms with Crippen molar-refractivity contribution >= 4 is 5.97 Å². The Morgan fingerprint density at radius 1 is 1.00 bits per heavy atom. The standard InChI is InChI=1S/C16H13F3O4/c1-10-12(23-16(17,18)19)8-9-13(21-2)14(10)15(20)22-11-6-4-3-5-7-11/h3-9H,1-2H3. The van der Waals surface area contributed by atoms with Gasteiger partial charge in [-0.05, 0) is 31.2 Å². The number of hydrogen-bond donors (Lipinski definition) is 0. The van der Waals surface area contributed by atoms with E-state index in [4.69, 9.17) is 9.47 Å². The second kappa shape index (κ2) is 6.60. The number of ether oxygens (including phenoxy) is 3. The lowest BCUT2D eigenvalue weighted by atomic mass is 10.1. The van der Waals surface area contributed by atoms with Gasteiger partial charge in [0.25, 0.3) is 0 Å². The van der Waals surface area contributed by atoms with Gasteiger partial charge in [-0.1, -0.05) is 18.2 Å². The van der Waals surface area contributed by atoms with Gasteiger partial charge in [0.2, 0.25) is 0 Å². The molecule has 4 nitrogen and oxygen atoms in total. The van der Waals surface area contributed by atoms with Crippen LogP contribution < -0.4 is 14.2 Å². The van der Waals surface area contributed by atoms with Crippen LogP contribution in [-0.4, -0.2) is 19.4 Å². The van der Waals surface area contributed by atoms with E-state index in [1.54, 1.807) is 30.3 Å². The molecular weight excluding hydrogens is 313 g/mol. The van der Waals surface area contributed by atoms with Crippen molar-refractivity contribution in [2.24, 2.45) is 0 Å². The van der Waals surface area contributed by atoms with E-state index in [0.29, 0.717) is 0 Å². The maximum absolute atomic E-state index is 12.4. The summed E-state index contributed by atoms with van der Waals surface area (Å²) in [5.74, 6) is -0.962. The van der Waals surface area contributed by atoms with Crippen molar-refractivity contribution in [3.63, 3.8) is 0 Å². The van der Waals surface area contributed by atoms with Crippen molar-refractivity contribution in [2.75, 3.05) is 7.11 Å². The molecule has 0 saturated carbocycles. The van der Waals surface area contributed by atoms with E-state index in [-0.39, 0.29) is 22.6 Å². The summed E-state index contributed by atoms with van der Waals surface area (Å²) in [4.78, 5) is 12.3. The molecular formula is C16H13F3O4. The van der Waals surface area contributed by atoms with Crippen molar-refractivity contribution in [2.45, 2.75) is 13.3 Å². The van der Waals surface area contributed by atoms with Crippen LogP contribution in [0.2, 0.25) is 0 Å². The molecule has 2 aromatic carbocycles. The zero-order chi connectivity index (χ0) is 17.0. The molecule has 2 aromatic rings. The molecule has 7 heteroatoms. The van der Waals surface area contributed by atoms with Crippen molar-refractivity contribution < 1.29 is 32.2 Å². The van der Waals surface area contributed by atoms with Crippen LogP contribution in [0.3, 0.4) is 0 Å². The van der Waals surface area contributed by atoms with Crippen molar-refractivity contribution in [1.29, 1.82) is 0 Å².